The smallest absolute Gasteiger partial charge is 0.186 e. The first-order valence-corrected chi connectivity index (χ1v) is 6.91. The fraction of sp³-hybridized carbons (Fsp3) is 0.312. The third-order valence-corrected chi connectivity index (χ3v) is 3.23. The van der Waals surface area contributed by atoms with Gasteiger partial charge in [-0.15, -0.1) is 0 Å². The molecule has 1 aromatic heterocycles. The molecule has 5 heteroatoms. The fourth-order valence-electron chi connectivity index (χ4n) is 2.14. The molecule has 112 valence electrons. The molecule has 1 N–H and O–H groups in total. The molecule has 21 heavy (non-hydrogen) atoms. The van der Waals surface area contributed by atoms with E-state index in [1.165, 1.54) is 10.6 Å². The molecule has 0 aliphatic heterocycles. The van der Waals surface area contributed by atoms with Crippen molar-refractivity contribution in [3.8, 4) is 5.69 Å². The highest BCUT2D eigenvalue weighted by Crippen LogP contribution is 2.17. The zero-order valence-corrected chi connectivity index (χ0v) is 12.1. The first-order chi connectivity index (χ1) is 10.0. The molecule has 0 atom stereocenters. The van der Waals surface area contributed by atoms with E-state index in [0.29, 0.717) is 17.8 Å². The van der Waals surface area contributed by atoms with Crippen LogP contribution in [0, 0.1) is 18.6 Å². The maximum absolute atomic E-state index is 13.9. The van der Waals surface area contributed by atoms with Gasteiger partial charge in [-0.1, -0.05) is 6.92 Å². The normalized spacial score (nSPS) is 10.9. The first kappa shape index (κ1) is 15.4. The second-order valence-electron chi connectivity index (χ2n) is 4.95. The standard InChI is InChI=1S/C16H18F2N2O/c1-3-6-19-9-12-10-20(11(2)7-16(12)21)15-8-13(17)4-5-14(15)18/h4-5,7-8,10,19H,3,6,9H2,1-2H3. The van der Waals surface area contributed by atoms with Crippen LogP contribution in [0.3, 0.4) is 0 Å². The van der Waals surface area contributed by atoms with Gasteiger partial charge in [-0.3, -0.25) is 4.79 Å². The lowest BCUT2D eigenvalue weighted by atomic mass is 10.2. The first-order valence-electron chi connectivity index (χ1n) is 6.91. The Morgan fingerprint density at radius 3 is 2.71 bits per heavy atom. The van der Waals surface area contributed by atoms with Crippen LogP contribution in [-0.4, -0.2) is 11.1 Å². The van der Waals surface area contributed by atoms with Crippen LogP contribution in [-0.2, 0) is 6.54 Å². The molecule has 0 unspecified atom stereocenters. The number of halogens is 2. The van der Waals surface area contributed by atoms with Gasteiger partial charge < -0.3 is 9.88 Å². The maximum atomic E-state index is 13.9. The average molecular weight is 292 g/mol. The molecular formula is C16H18F2N2O. The Balaban J connectivity index is 2.46. The Morgan fingerprint density at radius 1 is 1.24 bits per heavy atom. The van der Waals surface area contributed by atoms with Gasteiger partial charge in [0.15, 0.2) is 5.43 Å². The van der Waals surface area contributed by atoms with E-state index in [1.807, 2.05) is 6.92 Å². The van der Waals surface area contributed by atoms with Crippen molar-refractivity contribution >= 4 is 0 Å². The van der Waals surface area contributed by atoms with Crippen LogP contribution in [0.1, 0.15) is 24.6 Å². The van der Waals surface area contributed by atoms with Crippen molar-refractivity contribution in [2.45, 2.75) is 26.8 Å². The third-order valence-electron chi connectivity index (χ3n) is 3.23. The Bertz CT molecular complexity index is 695. The summed E-state index contributed by atoms with van der Waals surface area (Å²) in [4.78, 5) is 11.9. The van der Waals surface area contributed by atoms with Gasteiger partial charge in [0.25, 0.3) is 0 Å². The van der Waals surface area contributed by atoms with Crippen LogP contribution < -0.4 is 10.7 Å². The highest BCUT2D eigenvalue weighted by molar-refractivity contribution is 5.37. The lowest BCUT2D eigenvalue weighted by Gasteiger charge is -2.14. The Labute approximate surface area is 122 Å². The van der Waals surface area contributed by atoms with E-state index in [9.17, 15) is 13.6 Å². The minimum atomic E-state index is -0.532. The van der Waals surface area contributed by atoms with Gasteiger partial charge in [-0.2, -0.15) is 0 Å². The number of aryl methyl sites for hydroxylation is 1. The van der Waals surface area contributed by atoms with Crippen LogP contribution in [0.25, 0.3) is 5.69 Å². The zero-order valence-electron chi connectivity index (χ0n) is 12.1. The predicted molar refractivity (Wildman–Crippen MR) is 78.7 cm³/mol. The molecule has 0 saturated carbocycles. The van der Waals surface area contributed by atoms with E-state index in [-0.39, 0.29) is 11.1 Å². The molecule has 1 heterocycles. The summed E-state index contributed by atoms with van der Waals surface area (Å²) in [6, 6.07) is 4.71. The molecule has 2 aromatic rings. The highest BCUT2D eigenvalue weighted by Gasteiger charge is 2.10. The molecule has 1 aromatic carbocycles. The maximum Gasteiger partial charge on any atom is 0.186 e. The van der Waals surface area contributed by atoms with Crippen molar-refractivity contribution in [2.24, 2.45) is 0 Å². The van der Waals surface area contributed by atoms with Gasteiger partial charge in [0, 0.05) is 36.1 Å². The lowest BCUT2D eigenvalue weighted by molar-refractivity contribution is 0.590. The minimum Gasteiger partial charge on any atom is -0.318 e. The van der Waals surface area contributed by atoms with Crippen LogP contribution in [0.5, 0.6) is 0 Å². The highest BCUT2D eigenvalue weighted by atomic mass is 19.1. The molecule has 0 radical (unpaired) electrons. The van der Waals surface area contributed by atoms with Gasteiger partial charge in [0.05, 0.1) is 5.69 Å². The summed E-state index contributed by atoms with van der Waals surface area (Å²) in [5.74, 6) is -1.05. The molecule has 0 bridgehead atoms. The van der Waals surface area contributed by atoms with Crippen molar-refractivity contribution < 1.29 is 8.78 Å². The van der Waals surface area contributed by atoms with Crippen molar-refractivity contribution in [2.75, 3.05) is 6.54 Å². The quantitative estimate of drug-likeness (QED) is 0.860. The topological polar surface area (TPSA) is 34.0 Å². The molecule has 0 aliphatic rings. The minimum absolute atomic E-state index is 0.101. The molecule has 0 aliphatic carbocycles. The summed E-state index contributed by atoms with van der Waals surface area (Å²) in [7, 11) is 0. The van der Waals surface area contributed by atoms with Gasteiger partial charge in [0.2, 0.25) is 0 Å². The molecule has 0 saturated heterocycles. The van der Waals surface area contributed by atoms with E-state index < -0.39 is 11.6 Å². The van der Waals surface area contributed by atoms with Gasteiger partial charge in [-0.25, -0.2) is 8.78 Å². The summed E-state index contributed by atoms with van der Waals surface area (Å²) in [6.07, 6.45) is 2.52. The Kier molecular flexibility index (Phi) is 4.85. The number of aromatic nitrogens is 1. The molecular weight excluding hydrogens is 274 g/mol. The molecule has 0 amide bonds. The third kappa shape index (κ3) is 3.55. The van der Waals surface area contributed by atoms with Crippen LogP contribution in [0.15, 0.2) is 35.3 Å². The monoisotopic (exact) mass is 292 g/mol. The summed E-state index contributed by atoms with van der Waals surface area (Å²) in [6.45, 7) is 4.92. The van der Waals surface area contributed by atoms with Crippen LogP contribution in [0.2, 0.25) is 0 Å². The van der Waals surface area contributed by atoms with E-state index in [1.54, 1.807) is 13.1 Å². The molecule has 2 rings (SSSR count). The molecule has 0 spiro atoms. The van der Waals surface area contributed by atoms with Crippen molar-refractivity contribution in [3.05, 3.63) is 63.6 Å². The van der Waals surface area contributed by atoms with E-state index in [0.717, 1.165) is 31.2 Å². The Hall–Kier alpha value is -2.01. The van der Waals surface area contributed by atoms with Crippen LogP contribution in [0.4, 0.5) is 8.78 Å². The largest absolute Gasteiger partial charge is 0.318 e. The van der Waals surface area contributed by atoms with E-state index >= 15 is 0 Å². The number of pyridine rings is 1. The van der Waals surface area contributed by atoms with Crippen molar-refractivity contribution in [3.63, 3.8) is 0 Å². The van der Waals surface area contributed by atoms with Gasteiger partial charge in [-0.05, 0) is 32.0 Å². The van der Waals surface area contributed by atoms with Crippen molar-refractivity contribution in [1.29, 1.82) is 0 Å². The SMILES string of the molecule is CCCNCc1cn(-c2cc(F)ccc2F)c(C)cc1=O. The predicted octanol–water partition coefficient (Wildman–Crippen LogP) is 2.92. The fourth-order valence-corrected chi connectivity index (χ4v) is 2.14. The van der Waals surface area contributed by atoms with E-state index in [4.69, 9.17) is 0 Å². The Morgan fingerprint density at radius 2 is 2.00 bits per heavy atom. The summed E-state index contributed by atoms with van der Waals surface area (Å²) < 4.78 is 28.7. The van der Waals surface area contributed by atoms with Gasteiger partial charge >= 0.3 is 0 Å². The zero-order chi connectivity index (χ0) is 15.4. The van der Waals surface area contributed by atoms with Crippen LogP contribution >= 0.6 is 0 Å². The summed E-state index contributed by atoms with van der Waals surface area (Å²) >= 11 is 0. The van der Waals surface area contributed by atoms with Gasteiger partial charge in [0.1, 0.15) is 11.6 Å². The molecule has 0 fully saturated rings. The second-order valence-corrected chi connectivity index (χ2v) is 4.95. The van der Waals surface area contributed by atoms with E-state index in [2.05, 4.69) is 5.32 Å². The number of nitrogens with one attached hydrogen (secondary N) is 1. The number of hydrogen-bond donors (Lipinski definition) is 1. The number of hydrogen-bond acceptors (Lipinski definition) is 2. The summed E-state index contributed by atoms with van der Waals surface area (Å²) in [5, 5.41) is 3.14. The van der Waals surface area contributed by atoms with Crippen molar-refractivity contribution in [1.82, 2.24) is 9.88 Å². The number of rotatable bonds is 5. The molecule has 3 nitrogen and oxygen atoms in total. The second kappa shape index (κ2) is 6.63. The number of nitrogens with zero attached hydrogens (tertiary/aromatic N) is 1. The average Bonchev–Trinajstić information content (AvgIpc) is 2.44. The number of benzene rings is 1. The summed E-state index contributed by atoms with van der Waals surface area (Å²) in [5.41, 5.74) is 1.08. The lowest BCUT2D eigenvalue weighted by Crippen LogP contribution is -2.22.